The van der Waals surface area contributed by atoms with E-state index in [2.05, 4.69) is 25.8 Å². The number of allylic oxidation sites excluding steroid dienone is 1. The molecule has 0 spiro atoms. The van der Waals surface area contributed by atoms with Crippen LogP contribution in [0.2, 0.25) is 0 Å². The van der Waals surface area contributed by atoms with Gasteiger partial charge in [0.2, 0.25) is 5.91 Å². The zero-order valence-corrected chi connectivity index (χ0v) is 26.1. The first-order valence-electron chi connectivity index (χ1n) is 15.1. The number of thiophene rings is 1. The van der Waals surface area contributed by atoms with Crippen molar-refractivity contribution in [1.82, 2.24) is 29.7 Å². The number of H-pyrrole nitrogens is 1. The van der Waals surface area contributed by atoms with E-state index in [-0.39, 0.29) is 24.5 Å². The van der Waals surface area contributed by atoms with Crippen molar-refractivity contribution in [3.8, 4) is 11.4 Å². The van der Waals surface area contributed by atoms with Gasteiger partial charge in [-0.2, -0.15) is 0 Å². The van der Waals surface area contributed by atoms with Crippen LogP contribution in [0.25, 0.3) is 27.7 Å². The van der Waals surface area contributed by atoms with Crippen molar-refractivity contribution in [3.05, 3.63) is 58.5 Å². The summed E-state index contributed by atoms with van der Waals surface area (Å²) in [6.45, 7) is 8.04. The summed E-state index contributed by atoms with van der Waals surface area (Å²) < 4.78 is 6.64. The van der Waals surface area contributed by atoms with Crippen LogP contribution in [-0.4, -0.2) is 100 Å². The van der Waals surface area contributed by atoms with Crippen LogP contribution in [0.5, 0.6) is 0 Å². The van der Waals surface area contributed by atoms with Crippen LogP contribution in [0.15, 0.2) is 42.2 Å². The highest BCUT2D eigenvalue weighted by atomic mass is 32.1. The molecule has 45 heavy (non-hydrogen) atoms. The molecule has 6 rings (SSSR count). The third-order valence-electron chi connectivity index (χ3n) is 8.22. The van der Waals surface area contributed by atoms with Gasteiger partial charge < -0.3 is 30.7 Å². The molecule has 1 amide bonds. The van der Waals surface area contributed by atoms with Gasteiger partial charge in [0, 0.05) is 99.0 Å². The fourth-order valence-corrected chi connectivity index (χ4v) is 6.84. The summed E-state index contributed by atoms with van der Waals surface area (Å²) in [5.41, 5.74) is 9.50. The maximum atomic E-state index is 12.9. The Hall–Kier alpha value is -4.46. The molecule has 0 aliphatic carbocycles. The number of nitrogens with one attached hydrogen (secondary N) is 2. The Labute approximate surface area is 265 Å². The lowest BCUT2D eigenvalue weighted by Gasteiger charge is -2.34. The second kappa shape index (κ2) is 13.7. The molecule has 2 saturated heterocycles. The van der Waals surface area contributed by atoms with Gasteiger partial charge in [0.25, 0.3) is 0 Å². The zero-order valence-electron chi connectivity index (χ0n) is 25.3. The number of amides is 1. The van der Waals surface area contributed by atoms with E-state index in [1.54, 1.807) is 42.8 Å². The highest BCUT2D eigenvalue weighted by Crippen LogP contribution is 2.36. The maximum Gasteiger partial charge on any atom is 0.223 e. The number of aromatic nitrogens is 4. The molecule has 0 radical (unpaired) electrons. The summed E-state index contributed by atoms with van der Waals surface area (Å²) in [5.74, 6) is 2.03. The second-order valence-electron chi connectivity index (χ2n) is 11.2. The number of hydrogen-bond donors (Lipinski definition) is 3. The summed E-state index contributed by atoms with van der Waals surface area (Å²) in [6, 6.07) is 7.68. The molecule has 2 aliphatic rings. The molecule has 4 aromatic rings. The van der Waals surface area contributed by atoms with Crippen LogP contribution >= 0.6 is 11.3 Å². The molecule has 0 atom stereocenters. The van der Waals surface area contributed by atoms with Gasteiger partial charge in [-0.3, -0.25) is 14.5 Å². The number of fused-ring (bicyclic) bond motifs is 1. The molecular formula is C32H37N9O3S. The normalized spacial score (nSPS) is 16.3. The van der Waals surface area contributed by atoms with Gasteiger partial charge in [-0.15, -0.1) is 11.3 Å². The smallest absolute Gasteiger partial charge is 0.223 e. The van der Waals surface area contributed by atoms with Crippen molar-refractivity contribution >= 4 is 57.0 Å². The Morgan fingerprint density at radius 3 is 2.64 bits per heavy atom. The molecule has 0 saturated carbocycles. The lowest BCUT2D eigenvalue weighted by molar-refractivity contribution is -0.134. The van der Waals surface area contributed by atoms with Gasteiger partial charge in [-0.25, -0.2) is 15.0 Å². The number of nitrogens with two attached hydrogens (primary N) is 1. The first-order valence-corrected chi connectivity index (χ1v) is 15.9. The molecule has 13 heteroatoms. The first kappa shape index (κ1) is 30.6. The van der Waals surface area contributed by atoms with Gasteiger partial charge in [-0.05, 0) is 30.7 Å². The quantitative estimate of drug-likeness (QED) is 0.136. The first-order chi connectivity index (χ1) is 21.9. The molecule has 4 N–H and O–H groups in total. The summed E-state index contributed by atoms with van der Waals surface area (Å²) in [4.78, 5) is 50.1. The number of piperazine rings is 1. The lowest BCUT2D eigenvalue weighted by Crippen LogP contribution is -2.48. The zero-order chi connectivity index (χ0) is 31.3. The lowest BCUT2D eigenvalue weighted by atomic mass is 10.1. The van der Waals surface area contributed by atoms with Crippen molar-refractivity contribution in [2.75, 3.05) is 63.1 Å². The number of hydrogen-bond acceptors (Lipinski definition) is 11. The Morgan fingerprint density at radius 2 is 1.91 bits per heavy atom. The summed E-state index contributed by atoms with van der Waals surface area (Å²) in [5, 5.41) is 7.93. The average Bonchev–Trinajstić information content (AvgIpc) is 3.73. The standard InChI is InChI=1S/C32H37N9O3S/c1-21(17-28-35-7-8-36-28)27(42)5-6-29(43)40-11-9-39(10-12-40)20-22-18-26-30(45-22)32(41-13-15-44-16-14-41)38-31(37-26)23-3-2-4-25(34)24(23)19-33/h2-4,7-8,17-19,33H,5-6,9-16,20,34H2,1H3,(H,35,36)/b21-17+,33-19?. The SMILES string of the molecule is C/C(=C\c1ncc[nH]1)C(=O)CCC(=O)N1CCN(Cc2cc3nc(-c4cccc(N)c4C=N)nc(N4CCOCC4)c3s2)CC1. The van der Waals surface area contributed by atoms with E-state index in [1.165, 1.54) is 11.1 Å². The number of aromatic amines is 1. The topological polar surface area (TPSA) is 157 Å². The minimum absolute atomic E-state index is 0.0134. The van der Waals surface area contributed by atoms with Gasteiger partial charge in [0.05, 0.1) is 23.4 Å². The molecule has 5 heterocycles. The maximum absolute atomic E-state index is 12.9. The van der Waals surface area contributed by atoms with Gasteiger partial charge in [-0.1, -0.05) is 12.1 Å². The summed E-state index contributed by atoms with van der Waals surface area (Å²) in [7, 11) is 0. The number of nitrogen functional groups attached to an aromatic ring is 1. The summed E-state index contributed by atoms with van der Waals surface area (Å²) >= 11 is 1.70. The van der Waals surface area contributed by atoms with E-state index < -0.39 is 0 Å². The van der Waals surface area contributed by atoms with Crippen molar-refractivity contribution in [1.29, 1.82) is 5.41 Å². The number of ether oxygens (including phenoxy) is 1. The Kier molecular flexibility index (Phi) is 9.29. The van der Waals surface area contributed by atoms with Gasteiger partial charge in [0.15, 0.2) is 17.4 Å². The third kappa shape index (κ3) is 6.95. The number of benzene rings is 1. The number of imidazole rings is 1. The van der Waals surface area contributed by atoms with E-state index in [0.29, 0.717) is 54.8 Å². The highest BCUT2D eigenvalue weighted by Gasteiger charge is 2.25. The van der Waals surface area contributed by atoms with Crippen LogP contribution < -0.4 is 10.6 Å². The number of nitrogens with zero attached hydrogens (tertiary/aromatic N) is 6. The highest BCUT2D eigenvalue weighted by molar-refractivity contribution is 7.19. The van der Waals surface area contributed by atoms with Crippen molar-refractivity contribution in [2.24, 2.45) is 0 Å². The van der Waals surface area contributed by atoms with Crippen LogP contribution in [0.4, 0.5) is 11.5 Å². The molecule has 2 aliphatic heterocycles. The van der Waals surface area contributed by atoms with E-state index in [9.17, 15) is 9.59 Å². The number of carbonyl (C=O) groups excluding carboxylic acids is 2. The van der Waals surface area contributed by atoms with Crippen molar-refractivity contribution in [3.63, 3.8) is 0 Å². The van der Waals surface area contributed by atoms with Crippen molar-refractivity contribution in [2.45, 2.75) is 26.3 Å². The number of morpholine rings is 1. The van der Waals surface area contributed by atoms with Crippen LogP contribution in [-0.2, 0) is 20.9 Å². The minimum atomic E-state index is -0.0457. The molecular weight excluding hydrogens is 590 g/mol. The number of ketones is 1. The predicted molar refractivity (Wildman–Crippen MR) is 177 cm³/mol. The molecule has 234 valence electrons. The molecule has 3 aromatic heterocycles. The Bertz CT molecular complexity index is 1720. The number of anilines is 2. The van der Waals surface area contributed by atoms with Crippen molar-refractivity contribution < 1.29 is 14.3 Å². The third-order valence-corrected chi connectivity index (χ3v) is 9.33. The van der Waals surface area contributed by atoms with Gasteiger partial charge >= 0.3 is 0 Å². The fourth-order valence-electron chi connectivity index (χ4n) is 5.68. The number of Topliss-reactive ketones (excluding diaryl/α,β-unsaturated/α-hetero) is 1. The molecule has 1 aromatic carbocycles. The van der Waals surface area contributed by atoms with E-state index in [1.807, 2.05) is 17.0 Å². The molecule has 12 nitrogen and oxygen atoms in total. The minimum Gasteiger partial charge on any atom is -0.398 e. The van der Waals surface area contributed by atoms with Crippen LogP contribution in [0.1, 0.15) is 36.0 Å². The monoisotopic (exact) mass is 627 g/mol. The Morgan fingerprint density at radius 1 is 1.11 bits per heavy atom. The van der Waals surface area contributed by atoms with E-state index in [4.69, 9.17) is 25.8 Å². The molecule has 0 bridgehead atoms. The largest absolute Gasteiger partial charge is 0.398 e. The summed E-state index contributed by atoms with van der Waals surface area (Å²) in [6.07, 6.45) is 6.71. The second-order valence-corrected chi connectivity index (χ2v) is 12.4. The van der Waals surface area contributed by atoms with Crippen LogP contribution in [0.3, 0.4) is 0 Å². The predicted octanol–water partition coefficient (Wildman–Crippen LogP) is 3.59. The number of carbonyl (C=O) groups is 2. The molecule has 0 unspecified atom stereocenters. The Balaban J connectivity index is 1.12. The van der Waals surface area contributed by atoms with Gasteiger partial charge in [0.1, 0.15) is 5.82 Å². The average molecular weight is 628 g/mol. The van der Waals surface area contributed by atoms with E-state index >= 15 is 0 Å². The fraction of sp³-hybridized carbons (Fsp3) is 0.375. The van der Waals surface area contributed by atoms with Crippen LogP contribution in [0, 0.1) is 5.41 Å². The van der Waals surface area contributed by atoms with E-state index in [0.717, 1.165) is 54.3 Å². The number of rotatable bonds is 10. The molecule has 2 fully saturated rings.